The van der Waals surface area contributed by atoms with Crippen molar-refractivity contribution in [3.8, 4) is 0 Å². The highest BCUT2D eigenvalue weighted by Crippen LogP contribution is 2.11. The van der Waals surface area contributed by atoms with Crippen molar-refractivity contribution in [1.82, 2.24) is 10.2 Å². The van der Waals surface area contributed by atoms with Gasteiger partial charge in [0.2, 0.25) is 0 Å². The molecule has 0 aliphatic heterocycles. The van der Waals surface area contributed by atoms with Crippen molar-refractivity contribution in [2.45, 2.75) is 6.54 Å². The summed E-state index contributed by atoms with van der Waals surface area (Å²) in [7, 11) is 4.07. The molecule has 0 radical (unpaired) electrons. The molecule has 14 heavy (non-hydrogen) atoms. The number of nitrogens with zero attached hydrogens (tertiary/aromatic N) is 1. The molecular weight excluding hydrogens is 192 g/mol. The maximum absolute atomic E-state index is 4.01. The molecular formula is C11H18N2S. The molecule has 0 aliphatic carbocycles. The fourth-order valence-electron chi connectivity index (χ4n) is 1.41. The van der Waals surface area contributed by atoms with Crippen molar-refractivity contribution in [1.29, 1.82) is 0 Å². The lowest BCUT2D eigenvalue weighted by atomic mass is 10.3. The molecule has 1 rings (SSSR count). The zero-order valence-electron chi connectivity index (χ0n) is 8.92. The maximum Gasteiger partial charge on any atom is 0.0328 e. The Kier molecular flexibility index (Phi) is 4.87. The highest BCUT2D eigenvalue weighted by Gasteiger charge is 2.02. The summed E-state index contributed by atoms with van der Waals surface area (Å²) in [4.78, 5) is 3.69. The minimum atomic E-state index is 0.898. The summed E-state index contributed by atoms with van der Waals surface area (Å²) in [6.45, 7) is 6.88. The van der Waals surface area contributed by atoms with Crippen molar-refractivity contribution in [3.63, 3.8) is 0 Å². The summed E-state index contributed by atoms with van der Waals surface area (Å²) < 4.78 is 0. The molecule has 0 saturated heterocycles. The van der Waals surface area contributed by atoms with Crippen LogP contribution in [0.5, 0.6) is 0 Å². The Balaban J connectivity index is 2.29. The van der Waals surface area contributed by atoms with Crippen molar-refractivity contribution in [3.05, 3.63) is 34.5 Å². The van der Waals surface area contributed by atoms with Gasteiger partial charge < -0.3 is 5.32 Å². The summed E-state index contributed by atoms with van der Waals surface area (Å²) in [6, 6.07) is 4.26. The second kappa shape index (κ2) is 5.96. The molecule has 3 heteroatoms. The van der Waals surface area contributed by atoms with E-state index in [9.17, 15) is 0 Å². The zero-order chi connectivity index (χ0) is 10.4. The van der Waals surface area contributed by atoms with Crippen LogP contribution in [-0.2, 0) is 6.54 Å². The Labute approximate surface area is 90.2 Å². The smallest absolute Gasteiger partial charge is 0.0328 e. The van der Waals surface area contributed by atoms with Crippen molar-refractivity contribution in [2.24, 2.45) is 0 Å². The van der Waals surface area contributed by atoms with Crippen LogP contribution in [0.3, 0.4) is 0 Å². The van der Waals surface area contributed by atoms with Gasteiger partial charge in [0.25, 0.3) is 0 Å². The predicted molar refractivity (Wildman–Crippen MR) is 63.7 cm³/mol. The second-order valence-electron chi connectivity index (χ2n) is 3.53. The number of hydrogen-bond donors (Lipinski definition) is 1. The van der Waals surface area contributed by atoms with E-state index in [2.05, 4.69) is 41.4 Å². The summed E-state index contributed by atoms with van der Waals surface area (Å²) >= 11 is 1.80. The number of thiophene rings is 1. The van der Waals surface area contributed by atoms with Crippen molar-refractivity contribution in [2.75, 3.05) is 27.2 Å². The fourth-order valence-corrected chi connectivity index (χ4v) is 2.20. The molecule has 1 aromatic heterocycles. The van der Waals surface area contributed by atoms with Gasteiger partial charge in [-0.25, -0.2) is 0 Å². The highest BCUT2D eigenvalue weighted by molar-refractivity contribution is 7.09. The third-order valence-corrected chi connectivity index (χ3v) is 2.79. The van der Waals surface area contributed by atoms with Crippen molar-refractivity contribution < 1.29 is 0 Å². The zero-order valence-corrected chi connectivity index (χ0v) is 9.73. The largest absolute Gasteiger partial charge is 0.316 e. The molecule has 0 fully saturated rings. The van der Waals surface area contributed by atoms with Gasteiger partial charge in [-0.3, -0.25) is 4.90 Å². The second-order valence-corrected chi connectivity index (χ2v) is 4.56. The third-order valence-electron chi connectivity index (χ3n) is 1.93. The van der Waals surface area contributed by atoms with E-state index in [1.54, 1.807) is 11.3 Å². The van der Waals surface area contributed by atoms with E-state index in [1.165, 1.54) is 10.5 Å². The summed E-state index contributed by atoms with van der Waals surface area (Å²) in [5, 5.41) is 5.22. The van der Waals surface area contributed by atoms with Crippen LogP contribution in [0.4, 0.5) is 0 Å². The summed E-state index contributed by atoms with van der Waals surface area (Å²) in [6.07, 6.45) is 0. The van der Waals surface area contributed by atoms with Crippen LogP contribution in [0.15, 0.2) is 29.7 Å². The average Bonchev–Trinajstić information content (AvgIpc) is 2.56. The lowest BCUT2D eigenvalue weighted by molar-refractivity contribution is 0.356. The van der Waals surface area contributed by atoms with E-state index in [4.69, 9.17) is 0 Å². The Bertz CT molecular complexity index is 267. The Morgan fingerprint density at radius 3 is 3.00 bits per heavy atom. The standard InChI is InChI=1S/C11H18N2S/c1-10(7-12-2)8-13(3)9-11-5-4-6-14-11/h4-6,12H,1,7-9H2,2-3H3. The molecule has 78 valence electrons. The van der Waals surface area contributed by atoms with Gasteiger partial charge in [-0.2, -0.15) is 0 Å². The SMILES string of the molecule is C=C(CNC)CN(C)Cc1cccs1. The Hall–Kier alpha value is -0.640. The number of nitrogens with one attached hydrogen (secondary N) is 1. The van der Waals surface area contributed by atoms with Gasteiger partial charge in [0.05, 0.1) is 0 Å². The van der Waals surface area contributed by atoms with Crippen LogP contribution in [0.2, 0.25) is 0 Å². The van der Waals surface area contributed by atoms with Crippen LogP contribution in [0.1, 0.15) is 4.88 Å². The molecule has 0 saturated carbocycles. The first-order valence-corrected chi connectivity index (χ1v) is 5.62. The van der Waals surface area contributed by atoms with Crippen LogP contribution in [0.25, 0.3) is 0 Å². The first-order chi connectivity index (χ1) is 6.72. The van der Waals surface area contributed by atoms with E-state index in [0.29, 0.717) is 0 Å². The molecule has 0 unspecified atom stereocenters. The van der Waals surface area contributed by atoms with Gasteiger partial charge in [-0.05, 0) is 31.1 Å². The molecule has 1 heterocycles. The molecule has 0 atom stereocenters. The topological polar surface area (TPSA) is 15.3 Å². The predicted octanol–water partition coefficient (Wildman–Crippen LogP) is 1.96. The van der Waals surface area contributed by atoms with E-state index in [0.717, 1.165) is 19.6 Å². The van der Waals surface area contributed by atoms with Crippen LogP contribution < -0.4 is 5.32 Å². The summed E-state index contributed by atoms with van der Waals surface area (Å²) in [5.41, 5.74) is 1.23. The average molecular weight is 210 g/mol. The molecule has 1 N–H and O–H groups in total. The van der Waals surface area contributed by atoms with Crippen LogP contribution in [-0.4, -0.2) is 32.1 Å². The van der Waals surface area contributed by atoms with E-state index < -0.39 is 0 Å². The van der Waals surface area contributed by atoms with Gasteiger partial charge in [-0.1, -0.05) is 12.6 Å². The molecule has 0 aromatic carbocycles. The molecule has 2 nitrogen and oxygen atoms in total. The molecule has 1 aromatic rings. The first-order valence-electron chi connectivity index (χ1n) is 4.74. The molecule has 0 amide bonds. The maximum atomic E-state index is 4.01. The van der Waals surface area contributed by atoms with Gasteiger partial charge in [0.1, 0.15) is 0 Å². The number of hydrogen-bond acceptors (Lipinski definition) is 3. The Morgan fingerprint density at radius 1 is 1.64 bits per heavy atom. The lowest BCUT2D eigenvalue weighted by Gasteiger charge is -2.16. The fraction of sp³-hybridized carbons (Fsp3) is 0.455. The van der Waals surface area contributed by atoms with E-state index in [-0.39, 0.29) is 0 Å². The normalized spacial score (nSPS) is 10.8. The van der Waals surface area contributed by atoms with Gasteiger partial charge in [0, 0.05) is 24.5 Å². The Morgan fingerprint density at radius 2 is 2.43 bits per heavy atom. The van der Waals surface area contributed by atoms with Gasteiger partial charge in [0.15, 0.2) is 0 Å². The minimum absolute atomic E-state index is 0.898. The monoisotopic (exact) mass is 210 g/mol. The molecule has 0 spiro atoms. The van der Waals surface area contributed by atoms with Crippen LogP contribution >= 0.6 is 11.3 Å². The number of rotatable bonds is 6. The quantitative estimate of drug-likeness (QED) is 0.722. The number of likely N-dealkylation sites (N-methyl/N-ethyl adjacent to an activating group) is 2. The van der Waals surface area contributed by atoms with E-state index in [1.807, 2.05) is 7.05 Å². The highest BCUT2D eigenvalue weighted by atomic mass is 32.1. The first kappa shape index (κ1) is 11.4. The van der Waals surface area contributed by atoms with Crippen LogP contribution in [0, 0.1) is 0 Å². The molecule has 0 bridgehead atoms. The lowest BCUT2D eigenvalue weighted by Crippen LogP contribution is -2.24. The third kappa shape index (κ3) is 4.05. The van der Waals surface area contributed by atoms with E-state index >= 15 is 0 Å². The summed E-state index contributed by atoms with van der Waals surface area (Å²) in [5.74, 6) is 0. The van der Waals surface area contributed by atoms with Gasteiger partial charge in [-0.15, -0.1) is 11.3 Å². The molecule has 0 aliphatic rings. The minimum Gasteiger partial charge on any atom is -0.316 e. The van der Waals surface area contributed by atoms with Crippen molar-refractivity contribution >= 4 is 11.3 Å². The van der Waals surface area contributed by atoms with Gasteiger partial charge >= 0.3 is 0 Å².